The summed E-state index contributed by atoms with van der Waals surface area (Å²) in [6.45, 7) is 11.9. The maximum absolute atomic E-state index is 11.9. The summed E-state index contributed by atoms with van der Waals surface area (Å²) >= 11 is 0. The van der Waals surface area contributed by atoms with E-state index < -0.39 is 5.60 Å². The highest BCUT2D eigenvalue weighted by Crippen LogP contribution is 2.27. The number of ether oxygens (including phenoxy) is 1. The van der Waals surface area contributed by atoms with E-state index in [0.717, 1.165) is 48.7 Å². The smallest absolute Gasteiger partial charge is 0.407 e. The van der Waals surface area contributed by atoms with Crippen LogP contribution in [0.3, 0.4) is 0 Å². The maximum Gasteiger partial charge on any atom is 0.407 e. The summed E-state index contributed by atoms with van der Waals surface area (Å²) in [4.78, 5) is 23.4. The van der Waals surface area contributed by atoms with Crippen LogP contribution in [0, 0.1) is 5.92 Å². The van der Waals surface area contributed by atoms with Crippen LogP contribution in [0.2, 0.25) is 0 Å². The Bertz CT molecular complexity index is 1030. The second-order valence-electron chi connectivity index (χ2n) is 8.69. The molecule has 10 heteroatoms. The van der Waals surface area contributed by atoms with Crippen molar-refractivity contribution in [2.45, 2.75) is 53.1 Å². The SMILES string of the molecule is CC.Cn1cc(-c2cn3ncnc3c(N3CCC(CNC(=O)OC(C)(C)C)CC3)n2)cn1. The molecule has 1 aliphatic heterocycles. The fraction of sp³-hybridized carbons (Fsp3) is 0.591. The molecule has 32 heavy (non-hydrogen) atoms. The van der Waals surface area contributed by atoms with Gasteiger partial charge in [0.25, 0.3) is 0 Å². The number of piperidine rings is 1. The van der Waals surface area contributed by atoms with Gasteiger partial charge in [0.2, 0.25) is 0 Å². The van der Waals surface area contributed by atoms with E-state index in [4.69, 9.17) is 9.72 Å². The molecule has 0 radical (unpaired) electrons. The minimum absolute atomic E-state index is 0.360. The van der Waals surface area contributed by atoms with E-state index in [2.05, 4.69) is 25.4 Å². The van der Waals surface area contributed by atoms with Crippen molar-refractivity contribution in [1.29, 1.82) is 0 Å². The van der Waals surface area contributed by atoms with Crippen molar-refractivity contribution in [2.24, 2.45) is 13.0 Å². The Labute approximate surface area is 189 Å². The van der Waals surface area contributed by atoms with E-state index in [-0.39, 0.29) is 6.09 Å². The maximum atomic E-state index is 11.9. The zero-order chi connectivity index (χ0) is 23.3. The van der Waals surface area contributed by atoms with Crippen LogP contribution in [0.15, 0.2) is 24.9 Å². The summed E-state index contributed by atoms with van der Waals surface area (Å²) in [5.74, 6) is 1.23. The number of aryl methyl sites for hydroxylation is 1. The largest absolute Gasteiger partial charge is 0.444 e. The Hall–Kier alpha value is -3.17. The highest BCUT2D eigenvalue weighted by molar-refractivity contribution is 5.69. The first-order valence-electron chi connectivity index (χ1n) is 11.2. The number of nitrogens with one attached hydrogen (secondary N) is 1. The molecule has 3 aromatic rings. The lowest BCUT2D eigenvalue weighted by Gasteiger charge is -2.33. The molecular weight excluding hydrogens is 408 g/mol. The second-order valence-corrected chi connectivity index (χ2v) is 8.69. The fourth-order valence-corrected chi connectivity index (χ4v) is 3.61. The summed E-state index contributed by atoms with van der Waals surface area (Å²) in [5.41, 5.74) is 2.01. The number of hydrogen-bond acceptors (Lipinski definition) is 7. The van der Waals surface area contributed by atoms with Gasteiger partial charge in [-0.25, -0.2) is 19.3 Å². The molecule has 174 valence electrons. The van der Waals surface area contributed by atoms with E-state index in [9.17, 15) is 4.79 Å². The highest BCUT2D eigenvalue weighted by Gasteiger charge is 2.24. The van der Waals surface area contributed by atoms with Crippen LogP contribution in [-0.4, -0.2) is 60.7 Å². The number of anilines is 1. The predicted molar refractivity (Wildman–Crippen MR) is 124 cm³/mol. The van der Waals surface area contributed by atoms with E-state index >= 15 is 0 Å². The summed E-state index contributed by atoms with van der Waals surface area (Å²) < 4.78 is 8.84. The van der Waals surface area contributed by atoms with Crippen LogP contribution < -0.4 is 10.2 Å². The quantitative estimate of drug-likeness (QED) is 0.661. The topological polar surface area (TPSA) is 102 Å². The van der Waals surface area contributed by atoms with E-state index in [1.165, 1.54) is 0 Å². The zero-order valence-electron chi connectivity index (χ0n) is 19.9. The number of alkyl carbamates (subject to hydrolysis) is 1. The lowest BCUT2D eigenvalue weighted by molar-refractivity contribution is 0.0517. The van der Waals surface area contributed by atoms with Crippen LogP contribution in [0.5, 0.6) is 0 Å². The normalized spacial score (nSPS) is 14.8. The molecule has 10 nitrogen and oxygen atoms in total. The van der Waals surface area contributed by atoms with Gasteiger partial charge in [-0.1, -0.05) is 13.8 Å². The van der Waals surface area contributed by atoms with E-state index in [1.54, 1.807) is 21.7 Å². The molecule has 0 unspecified atom stereocenters. The Balaban J connectivity index is 0.00000141. The minimum Gasteiger partial charge on any atom is -0.444 e. The van der Waals surface area contributed by atoms with Crippen molar-refractivity contribution in [3.05, 3.63) is 24.9 Å². The summed E-state index contributed by atoms with van der Waals surface area (Å²) in [6, 6.07) is 0. The highest BCUT2D eigenvalue weighted by atomic mass is 16.6. The van der Waals surface area contributed by atoms with Gasteiger partial charge in [0.15, 0.2) is 11.5 Å². The van der Waals surface area contributed by atoms with Crippen molar-refractivity contribution in [2.75, 3.05) is 24.5 Å². The lowest BCUT2D eigenvalue weighted by atomic mass is 9.97. The Morgan fingerprint density at radius 2 is 1.91 bits per heavy atom. The van der Waals surface area contributed by atoms with Gasteiger partial charge in [0.05, 0.1) is 18.1 Å². The molecular formula is C22H34N8O2. The number of carbonyl (C=O) groups is 1. The number of hydrogen-bond donors (Lipinski definition) is 1. The molecule has 0 atom stereocenters. The monoisotopic (exact) mass is 442 g/mol. The predicted octanol–water partition coefficient (Wildman–Crippen LogP) is 3.29. The first-order valence-corrected chi connectivity index (χ1v) is 11.2. The van der Waals surface area contributed by atoms with Crippen molar-refractivity contribution in [1.82, 2.24) is 34.7 Å². The number of carbonyl (C=O) groups excluding carboxylic acids is 1. The Morgan fingerprint density at radius 1 is 1.19 bits per heavy atom. The van der Waals surface area contributed by atoms with Gasteiger partial charge >= 0.3 is 6.09 Å². The molecule has 0 spiro atoms. The second kappa shape index (κ2) is 9.97. The number of amides is 1. The van der Waals surface area contributed by atoms with Gasteiger partial charge in [-0.15, -0.1) is 0 Å². The summed E-state index contributed by atoms with van der Waals surface area (Å²) in [5, 5.41) is 11.4. The van der Waals surface area contributed by atoms with Crippen LogP contribution in [0.25, 0.3) is 16.9 Å². The third-order valence-electron chi connectivity index (χ3n) is 5.09. The van der Waals surface area contributed by atoms with Crippen LogP contribution >= 0.6 is 0 Å². The lowest BCUT2D eigenvalue weighted by Crippen LogP contribution is -2.40. The van der Waals surface area contributed by atoms with Gasteiger partial charge in [0.1, 0.15) is 11.9 Å². The zero-order valence-corrected chi connectivity index (χ0v) is 19.9. The molecule has 1 aliphatic rings. The molecule has 0 aliphatic carbocycles. The summed E-state index contributed by atoms with van der Waals surface area (Å²) in [7, 11) is 1.88. The van der Waals surface area contributed by atoms with Crippen molar-refractivity contribution in [3.63, 3.8) is 0 Å². The van der Waals surface area contributed by atoms with Crippen molar-refractivity contribution >= 4 is 17.6 Å². The molecule has 1 fully saturated rings. The molecule has 1 saturated heterocycles. The van der Waals surface area contributed by atoms with Gasteiger partial charge in [-0.2, -0.15) is 10.2 Å². The number of nitrogens with zero attached hydrogens (tertiary/aromatic N) is 7. The average molecular weight is 443 g/mol. The van der Waals surface area contributed by atoms with Crippen LogP contribution in [-0.2, 0) is 11.8 Å². The van der Waals surface area contributed by atoms with Crippen LogP contribution in [0.4, 0.5) is 10.6 Å². The fourth-order valence-electron chi connectivity index (χ4n) is 3.61. The third-order valence-corrected chi connectivity index (χ3v) is 5.09. The average Bonchev–Trinajstić information content (AvgIpc) is 3.41. The Kier molecular flexibility index (Phi) is 7.32. The minimum atomic E-state index is -0.484. The van der Waals surface area contributed by atoms with Crippen LogP contribution in [0.1, 0.15) is 47.5 Å². The first-order chi connectivity index (χ1) is 15.3. The molecule has 4 rings (SSSR count). The van der Waals surface area contributed by atoms with E-state index in [1.807, 2.05) is 54.1 Å². The molecule has 1 N–H and O–H groups in total. The number of aromatic nitrogens is 6. The number of fused-ring (bicyclic) bond motifs is 1. The summed E-state index contributed by atoms with van der Waals surface area (Å²) in [6.07, 6.45) is 8.70. The molecule has 0 saturated carbocycles. The van der Waals surface area contributed by atoms with Gasteiger partial charge in [-0.05, 0) is 39.5 Å². The van der Waals surface area contributed by atoms with E-state index in [0.29, 0.717) is 12.5 Å². The molecule has 0 bridgehead atoms. The molecule has 1 amide bonds. The van der Waals surface area contributed by atoms with Gasteiger partial charge < -0.3 is 15.0 Å². The molecule has 3 aromatic heterocycles. The Morgan fingerprint density at radius 3 is 2.53 bits per heavy atom. The first kappa shape index (κ1) is 23.5. The standard InChI is InChI=1S/C20H28N8O2.C2H6/c1-20(2,3)30-19(29)21-9-14-5-7-27(8-6-14)18-17-22-13-24-28(17)12-16(25-18)15-10-23-26(4)11-15;1-2/h10-14H,5-9H2,1-4H3,(H,21,29);1-2H3. The molecule has 0 aromatic carbocycles. The van der Waals surface area contributed by atoms with Gasteiger partial charge in [-0.3, -0.25) is 4.68 Å². The molecule has 4 heterocycles. The third kappa shape index (κ3) is 5.74. The number of rotatable bonds is 4. The van der Waals surface area contributed by atoms with Gasteiger partial charge in [0, 0.05) is 38.4 Å². The van der Waals surface area contributed by atoms with Crippen molar-refractivity contribution < 1.29 is 9.53 Å². The van der Waals surface area contributed by atoms with Crippen molar-refractivity contribution in [3.8, 4) is 11.3 Å².